The van der Waals surface area contributed by atoms with Gasteiger partial charge < -0.3 is 0 Å². The molecule has 0 aliphatic heterocycles. The van der Waals surface area contributed by atoms with Gasteiger partial charge >= 0.3 is 0 Å². The van der Waals surface area contributed by atoms with Gasteiger partial charge in [0.1, 0.15) is 5.82 Å². The molecule has 4 heteroatoms. The van der Waals surface area contributed by atoms with Crippen LogP contribution in [0.1, 0.15) is 59.2 Å². The van der Waals surface area contributed by atoms with Gasteiger partial charge in [0.05, 0.1) is 0 Å². The van der Waals surface area contributed by atoms with Crippen LogP contribution in [0.15, 0.2) is 0 Å². The van der Waals surface area contributed by atoms with E-state index in [4.69, 9.17) is 12.2 Å². The Morgan fingerprint density at radius 2 is 2.07 bits per heavy atom. The lowest BCUT2D eigenvalue weighted by molar-refractivity contribution is 0.307. The van der Waals surface area contributed by atoms with Crippen molar-refractivity contribution in [3.05, 3.63) is 10.6 Å². The summed E-state index contributed by atoms with van der Waals surface area (Å²) in [4.78, 5) is 0. The van der Waals surface area contributed by atoms with E-state index in [0.29, 0.717) is 5.92 Å². The Morgan fingerprint density at radius 3 is 2.53 bits per heavy atom. The van der Waals surface area contributed by atoms with Crippen molar-refractivity contribution in [1.29, 1.82) is 0 Å². The van der Waals surface area contributed by atoms with Crippen LogP contribution in [0.2, 0.25) is 0 Å². The molecule has 0 saturated carbocycles. The fourth-order valence-electron chi connectivity index (χ4n) is 2.01. The molecule has 3 nitrogen and oxygen atoms in total. The first-order valence-electron chi connectivity index (χ1n) is 5.58. The van der Waals surface area contributed by atoms with E-state index in [1.54, 1.807) is 0 Å². The van der Waals surface area contributed by atoms with Crippen LogP contribution >= 0.6 is 12.2 Å². The van der Waals surface area contributed by atoms with Crippen LogP contribution in [-0.2, 0) is 5.54 Å². The monoisotopic (exact) mass is 227 g/mol. The molecule has 0 aromatic carbocycles. The molecule has 0 saturated heterocycles. The number of rotatable bonds is 4. The summed E-state index contributed by atoms with van der Waals surface area (Å²) in [6, 6.07) is 0. The molecule has 0 radical (unpaired) electrons. The second-order valence-electron chi connectivity index (χ2n) is 4.94. The maximum absolute atomic E-state index is 5.30. The van der Waals surface area contributed by atoms with Gasteiger partial charge in [0, 0.05) is 11.5 Å². The number of aromatic nitrogens is 3. The Hall–Kier alpha value is -0.640. The molecule has 0 unspecified atom stereocenters. The SMILES string of the molecule is CCCC(C)(C)n1c(C(C)C)n[nH]c1=S. The zero-order valence-corrected chi connectivity index (χ0v) is 11.1. The van der Waals surface area contributed by atoms with Crippen molar-refractivity contribution in [3.8, 4) is 0 Å². The average molecular weight is 227 g/mol. The van der Waals surface area contributed by atoms with E-state index < -0.39 is 0 Å². The minimum absolute atomic E-state index is 0.0540. The molecule has 0 aliphatic carbocycles. The topological polar surface area (TPSA) is 33.6 Å². The largest absolute Gasteiger partial charge is 0.298 e. The molecule has 0 atom stereocenters. The first-order chi connectivity index (χ1) is 6.90. The number of H-pyrrole nitrogens is 1. The third-order valence-electron chi connectivity index (χ3n) is 2.68. The molecule has 0 amide bonds. The summed E-state index contributed by atoms with van der Waals surface area (Å²) in [6.45, 7) is 10.9. The Balaban J connectivity index is 3.22. The number of nitrogens with one attached hydrogen (secondary N) is 1. The normalized spacial score (nSPS) is 12.4. The van der Waals surface area contributed by atoms with Gasteiger partial charge in [-0.25, -0.2) is 0 Å². The van der Waals surface area contributed by atoms with E-state index in [1.165, 1.54) is 0 Å². The van der Waals surface area contributed by atoms with Crippen molar-refractivity contribution >= 4 is 12.2 Å². The van der Waals surface area contributed by atoms with Gasteiger partial charge in [0.2, 0.25) is 0 Å². The number of aromatic amines is 1. The van der Waals surface area contributed by atoms with Crippen molar-refractivity contribution in [1.82, 2.24) is 14.8 Å². The lowest BCUT2D eigenvalue weighted by Crippen LogP contribution is -2.28. The van der Waals surface area contributed by atoms with E-state index in [9.17, 15) is 0 Å². The van der Waals surface area contributed by atoms with Crippen molar-refractivity contribution in [3.63, 3.8) is 0 Å². The fraction of sp³-hybridized carbons (Fsp3) is 0.818. The van der Waals surface area contributed by atoms with Gasteiger partial charge in [-0.2, -0.15) is 5.10 Å². The van der Waals surface area contributed by atoms with Crippen molar-refractivity contribution < 1.29 is 0 Å². The van der Waals surface area contributed by atoms with Crippen LogP contribution in [0.4, 0.5) is 0 Å². The Morgan fingerprint density at radius 1 is 1.47 bits per heavy atom. The molecule has 0 fully saturated rings. The van der Waals surface area contributed by atoms with Crippen LogP contribution in [-0.4, -0.2) is 14.8 Å². The van der Waals surface area contributed by atoms with E-state index in [1.807, 2.05) is 0 Å². The second-order valence-corrected chi connectivity index (χ2v) is 5.33. The third kappa shape index (κ3) is 2.48. The second kappa shape index (κ2) is 4.47. The van der Waals surface area contributed by atoms with Gasteiger partial charge in [-0.3, -0.25) is 9.67 Å². The highest BCUT2D eigenvalue weighted by Crippen LogP contribution is 2.26. The summed E-state index contributed by atoms with van der Waals surface area (Å²) >= 11 is 5.30. The molecule has 15 heavy (non-hydrogen) atoms. The highest BCUT2D eigenvalue weighted by Gasteiger charge is 2.24. The number of hydrogen-bond donors (Lipinski definition) is 1. The number of hydrogen-bond acceptors (Lipinski definition) is 2. The molecular weight excluding hydrogens is 206 g/mol. The van der Waals surface area contributed by atoms with Crippen molar-refractivity contribution in [2.24, 2.45) is 0 Å². The zero-order valence-electron chi connectivity index (χ0n) is 10.3. The van der Waals surface area contributed by atoms with Crippen molar-refractivity contribution in [2.45, 2.75) is 58.9 Å². The van der Waals surface area contributed by atoms with Crippen LogP contribution in [0, 0.1) is 4.77 Å². The lowest BCUT2D eigenvalue weighted by Gasteiger charge is -2.28. The zero-order chi connectivity index (χ0) is 11.6. The third-order valence-corrected chi connectivity index (χ3v) is 2.96. The minimum atomic E-state index is 0.0540. The molecule has 1 aromatic heterocycles. The lowest BCUT2D eigenvalue weighted by atomic mass is 9.97. The van der Waals surface area contributed by atoms with Crippen LogP contribution in [0.25, 0.3) is 0 Å². The molecular formula is C11H21N3S. The molecule has 1 rings (SSSR count). The first-order valence-corrected chi connectivity index (χ1v) is 5.98. The molecule has 1 heterocycles. The summed E-state index contributed by atoms with van der Waals surface area (Å²) < 4.78 is 2.90. The van der Waals surface area contributed by atoms with Crippen LogP contribution < -0.4 is 0 Å². The van der Waals surface area contributed by atoms with Crippen LogP contribution in [0.5, 0.6) is 0 Å². The summed E-state index contributed by atoms with van der Waals surface area (Å²) in [5, 5.41) is 7.21. The standard InChI is InChI=1S/C11H21N3S/c1-6-7-11(4,5)14-9(8(2)3)12-13-10(14)15/h8H,6-7H2,1-5H3,(H,13,15). The van der Waals surface area contributed by atoms with Gasteiger partial charge in [-0.1, -0.05) is 27.2 Å². The highest BCUT2D eigenvalue weighted by molar-refractivity contribution is 7.71. The summed E-state index contributed by atoms with van der Waals surface area (Å²) in [5.41, 5.74) is 0.0540. The quantitative estimate of drug-likeness (QED) is 0.797. The predicted molar refractivity (Wildman–Crippen MR) is 65.7 cm³/mol. The summed E-state index contributed by atoms with van der Waals surface area (Å²) in [7, 11) is 0. The smallest absolute Gasteiger partial charge is 0.195 e. The summed E-state index contributed by atoms with van der Waals surface area (Å²) in [6.07, 6.45) is 2.26. The highest BCUT2D eigenvalue weighted by atomic mass is 32.1. The van der Waals surface area contributed by atoms with E-state index in [2.05, 4.69) is 49.4 Å². The van der Waals surface area contributed by atoms with E-state index >= 15 is 0 Å². The summed E-state index contributed by atoms with van der Waals surface area (Å²) in [5.74, 6) is 1.45. The Labute approximate surface area is 96.9 Å². The maximum Gasteiger partial charge on any atom is 0.195 e. The molecule has 1 aromatic rings. The van der Waals surface area contributed by atoms with E-state index in [0.717, 1.165) is 23.4 Å². The predicted octanol–water partition coefficient (Wildman–Crippen LogP) is 3.60. The van der Waals surface area contributed by atoms with E-state index in [-0.39, 0.29) is 5.54 Å². The average Bonchev–Trinajstić information content (AvgIpc) is 2.47. The fourth-order valence-corrected chi connectivity index (χ4v) is 2.39. The first kappa shape index (κ1) is 12.4. The number of nitrogens with zero attached hydrogens (tertiary/aromatic N) is 2. The molecule has 1 N–H and O–H groups in total. The van der Waals surface area contributed by atoms with Gasteiger partial charge in [-0.15, -0.1) is 0 Å². The molecule has 0 spiro atoms. The molecule has 0 bridgehead atoms. The minimum Gasteiger partial charge on any atom is -0.298 e. The maximum atomic E-state index is 5.30. The van der Waals surface area contributed by atoms with Gasteiger partial charge in [0.25, 0.3) is 0 Å². The van der Waals surface area contributed by atoms with Gasteiger partial charge in [-0.05, 0) is 32.5 Å². The Kier molecular flexibility index (Phi) is 3.71. The van der Waals surface area contributed by atoms with Crippen LogP contribution in [0.3, 0.4) is 0 Å². The molecule has 0 aliphatic rings. The molecule has 86 valence electrons. The van der Waals surface area contributed by atoms with Crippen molar-refractivity contribution in [2.75, 3.05) is 0 Å². The van der Waals surface area contributed by atoms with Gasteiger partial charge in [0.15, 0.2) is 4.77 Å². The Bertz CT molecular complexity index is 373.